The van der Waals surface area contributed by atoms with Crippen LogP contribution in [0.5, 0.6) is 11.5 Å². The summed E-state index contributed by atoms with van der Waals surface area (Å²) in [4.78, 5) is 11.1. The number of ether oxygens (including phenoxy) is 2. The molecule has 2 N–H and O–H groups in total. The number of carbonyl (C=O) groups is 1. The average molecular weight is 301 g/mol. The van der Waals surface area contributed by atoms with Crippen LogP contribution in [-0.4, -0.2) is 26.8 Å². The summed E-state index contributed by atoms with van der Waals surface area (Å²) in [5.74, 6) is 1.42. The number of nitrogens with one attached hydrogen (secondary N) is 2. The van der Waals surface area contributed by atoms with Crippen molar-refractivity contribution in [1.29, 1.82) is 0 Å². The molecule has 1 heterocycles. The van der Waals surface area contributed by atoms with Crippen molar-refractivity contribution in [2.24, 2.45) is 0 Å². The predicted molar refractivity (Wildman–Crippen MR) is 66.5 cm³/mol. The lowest BCUT2D eigenvalue weighted by Crippen LogP contribution is -2.22. The first-order chi connectivity index (χ1) is 8.15. The van der Waals surface area contributed by atoms with Gasteiger partial charge in [0.25, 0.3) is 0 Å². The van der Waals surface area contributed by atoms with Gasteiger partial charge in [0.2, 0.25) is 0 Å². The van der Waals surface area contributed by atoms with E-state index in [0.717, 1.165) is 10.0 Å². The Bertz CT molecular complexity index is 451. The van der Waals surface area contributed by atoms with E-state index in [9.17, 15) is 4.79 Å². The number of rotatable bonds is 3. The second-order valence-corrected chi connectivity index (χ2v) is 4.49. The van der Waals surface area contributed by atoms with E-state index < -0.39 is 0 Å². The molecule has 1 atom stereocenters. The monoisotopic (exact) mass is 300 g/mol. The fraction of sp³-hybridized carbons (Fsp3) is 0.364. The van der Waals surface area contributed by atoms with Crippen LogP contribution in [0.1, 0.15) is 11.6 Å². The Morgan fingerprint density at radius 1 is 1.29 bits per heavy atom. The lowest BCUT2D eigenvalue weighted by Gasteiger charge is -2.16. The van der Waals surface area contributed by atoms with Crippen molar-refractivity contribution in [3.05, 3.63) is 22.2 Å². The van der Waals surface area contributed by atoms with Crippen LogP contribution in [0.15, 0.2) is 16.6 Å². The molecule has 2 amide bonds. The third-order valence-corrected chi connectivity index (χ3v) is 3.27. The summed E-state index contributed by atoms with van der Waals surface area (Å²) in [6.07, 6.45) is 0. The summed E-state index contributed by atoms with van der Waals surface area (Å²) in [6.45, 7) is 0.542. The highest BCUT2D eigenvalue weighted by molar-refractivity contribution is 9.10. The normalized spacial score (nSPS) is 18.5. The molecule has 1 fully saturated rings. The zero-order chi connectivity index (χ0) is 12.4. The Kier molecular flexibility index (Phi) is 3.42. The van der Waals surface area contributed by atoms with Crippen molar-refractivity contribution in [3.63, 3.8) is 0 Å². The Morgan fingerprint density at radius 3 is 2.53 bits per heavy atom. The first-order valence-corrected chi connectivity index (χ1v) is 5.90. The Labute approximate surface area is 108 Å². The van der Waals surface area contributed by atoms with Crippen molar-refractivity contribution in [2.45, 2.75) is 6.04 Å². The molecule has 1 aromatic rings. The van der Waals surface area contributed by atoms with Crippen LogP contribution in [0.2, 0.25) is 0 Å². The number of hydrogen-bond donors (Lipinski definition) is 2. The molecule has 1 aromatic carbocycles. The van der Waals surface area contributed by atoms with Crippen LogP contribution in [-0.2, 0) is 0 Å². The lowest BCUT2D eigenvalue weighted by atomic mass is 10.1. The zero-order valence-corrected chi connectivity index (χ0v) is 11.1. The van der Waals surface area contributed by atoms with Crippen LogP contribution in [0, 0.1) is 0 Å². The predicted octanol–water partition coefficient (Wildman–Crippen LogP) is 1.82. The molecular weight excluding hydrogens is 288 g/mol. The summed E-state index contributed by atoms with van der Waals surface area (Å²) in [5, 5.41) is 5.53. The minimum atomic E-state index is -0.168. The Hall–Kier alpha value is -1.43. The lowest BCUT2D eigenvalue weighted by molar-refractivity contribution is 0.247. The minimum absolute atomic E-state index is 0.0977. The summed E-state index contributed by atoms with van der Waals surface area (Å²) >= 11 is 3.39. The standard InChI is InChI=1S/C11H13BrN2O3/c1-16-9-4-7(12)10(17-2)3-6(9)8-5-13-11(15)14-8/h3-4,8H,5H2,1-2H3,(H2,13,14,15)/t8-/m0/s1. The van der Waals surface area contributed by atoms with Crippen LogP contribution < -0.4 is 20.1 Å². The molecule has 0 radical (unpaired) electrons. The average Bonchev–Trinajstić information content (AvgIpc) is 2.75. The highest BCUT2D eigenvalue weighted by Crippen LogP contribution is 2.36. The first kappa shape index (κ1) is 12.0. The van der Waals surface area contributed by atoms with Gasteiger partial charge in [-0.3, -0.25) is 0 Å². The number of urea groups is 1. The molecule has 0 bridgehead atoms. The number of halogens is 1. The molecule has 2 rings (SSSR count). The molecule has 1 aliphatic rings. The second-order valence-electron chi connectivity index (χ2n) is 3.64. The van der Waals surface area contributed by atoms with Gasteiger partial charge >= 0.3 is 6.03 Å². The van der Waals surface area contributed by atoms with Crippen LogP contribution >= 0.6 is 15.9 Å². The molecule has 17 heavy (non-hydrogen) atoms. The van der Waals surface area contributed by atoms with Crippen LogP contribution in [0.4, 0.5) is 4.79 Å². The molecule has 0 aromatic heterocycles. The van der Waals surface area contributed by atoms with E-state index in [1.807, 2.05) is 12.1 Å². The molecular formula is C11H13BrN2O3. The van der Waals surface area contributed by atoms with E-state index in [1.165, 1.54) is 0 Å². The highest BCUT2D eigenvalue weighted by Gasteiger charge is 2.25. The summed E-state index contributed by atoms with van der Waals surface area (Å²) in [5.41, 5.74) is 0.894. The molecule has 0 spiro atoms. The third kappa shape index (κ3) is 2.31. The van der Waals surface area contributed by atoms with Gasteiger partial charge in [-0.25, -0.2) is 4.79 Å². The van der Waals surface area contributed by atoms with E-state index in [4.69, 9.17) is 9.47 Å². The maximum atomic E-state index is 11.1. The van der Waals surface area contributed by atoms with E-state index >= 15 is 0 Å². The number of hydrogen-bond acceptors (Lipinski definition) is 3. The largest absolute Gasteiger partial charge is 0.496 e. The summed E-state index contributed by atoms with van der Waals surface area (Å²) in [6, 6.07) is 3.43. The Balaban J connectivity index is 2.40. The fourth-order valence-electron chi connectivity index (χ4n) is 1.80. The zero-order valence-electron chi connectivity index (χ0n) is 9.54. The van der Waals surface area contributed by atoms with E-state index in [2.05, 4.69) is 26.6 Å². The van der Waals surface area contributed by atoms with Crippen LogP contribution in [0.25, 0.3) is 0 Å². The third-order valence-electron chi connectivity index (χ3n) is 2.65. The maximum Gasteiger partial charge on any atom is 0.315 e. The van der Waals surface area contributed by atoms with E-state index in [-0.39, 0.29) is 12.1 Å². The maximum absolute atomic E-state index is 11.1. The first-order valence-electron chi connectivity index (χ1n) is 5.11. The van der Waals surface area contributed by atoms with Gasteiger partial charge in [0, 0.05) is 12.1 Å². The molecule has 0 aliphatic carbocycles. The van der Waals surface area contributed by atoms with E-state index in [0.29, 0.717) is 18.0 Å². The minimum Gasteiger partial charge on any atom is -0.496 e. The van der Waals surface area contributed by atoms with Gasteiger partial charge in [0.1, 0.15) is 11.5 Å². The number of benzene rings is 1. The van der Waals surface area contributed by atoms with Crippen LogP contribution in [0.3, 0.4) is 0 Å². The topological polar surface area (TPSA) is 59.6 Å². The second kappa shape index (κ2) is 4.83. The van der Waals surface area contributed by atoms with Crippen molar-refractivity contribution < 1.29 is 14.3 Å². The smallest absolute Gasteiger partial charge is 0.315 e. The summed E-state index contributed by atoms with van der Waals surface area (Å²) in [7, 11) is 3.20. The van der Waals surface area contributed by atoms with Gasteiger partial charge in [-0.05, 0) is 28.1 Å². The molecule has 0 unspecified atom stereocenters. The molecule has 1 saturated heterocycles. The molecule has 1 aliphatic heterocycles. The van der Waals surface area contributed by atoms with Gasteiger partial charge in [-0.1, -0.05) is 0 Å². The number of carbonyl (C=O) groups excluding carboxylic acids is 1. The molecule has 6 heteroatoms. The van der Waals surface area contributed by atoms with Crippen molar-refractivity contribution >= 4 is 22.0 Å². The van der Waals surface area contributed by atoms with Gasteiger partial charge < -0.3 is 20.1 Å². The molecule has 92 valence electrons. The molecule has 0 saturated carbocycles. The SMILES string of the molecule is COc1cc([C@@H]2CNC(=O)N2)c(OC)cc1Br. The van der Waals surface area contributed by atoms with Crippen molar-refractivity contribution in [1.82, 2.24) is 10.6 Å². The van der Waals surface area contributed by atoms with Gasteiger partial charge in [-0.2, -0.15) is 0 Å². The van der Waals surface area contributed by atoms with Gasteiger partial charge in [0.05, 0.1) is 24.7 Å². The van der Waals surface area contributed by atoms with Crippen molar-refractivity contribution in [3.8, 4) is 11.5 Å². The molecule has 5 nitrogen and oxygen atoms in total. The Morgan fingerprint density at radius 2 is 2.00 bits per heavy atom. The van der Waals surface area contributed by atoms with Gasteiger partial charge in [0.15, 0.2) is 0 Å². The number of amides is 2. The van der Waals surface area contributed by atoms with E-state index in [1.54, 1.807) is 14.2 Å². The van der Waals surface area contributed by atoms with Crippen molar-refractivity contribution in [2.75, 3.05) is 20.8 Å². The summed E-state index contributed by atoms with van der Waals surface area (Å²) < 4.78 is 11.4. The number of methoxy groups -OCH3 is 2. The van der Waals surface area contributed by atoms with Gasteiger partial charge in [-0.15, -0.1) is 0 Å². The highest BCUT2D eigenvalue weighted by atomic mass is 79.9. The fourth-order valence-corrected chi connectivity index (χ4v) is 2.28. The quantitative estimate of drug-likeness (QED) is 0.895.